The molecule has 1 amide bonds. The standard InChI is InChI=1S/C21H27F2N7O/c1-3-4-17(12(2)24)28-21-16(23)10-15(19(25)31)20(29-21)27-14-5-6-18-13(9-14)11-26-30(18)8-7-22/h5-6,9-12,17H,3-4,7-8,24H2,1-2H3,(H2,25,31)(H2,27,28,29)/t12-,17+/m0/s1. The normalized spacial score (nSPS) is 13.2. The SMILES string of the molecule is CCC[C@@H](Nc1nc(Nc2ccc3c(cnn3CCF)c2)c(C(N)=O)cc1F)[C@H](C)N. The van der Waals surface area contributed by atoms with Gasteiger partial charge in [0.05, 0.1) is 23.8 Å². The quantitative estimate of drug-likeness (QED) is 0.390. The van der Waals surface area contributed by atoms with Gasteiger partial charge in [-0.3, -0.25) is 9.48 Å². The van der Waals surface area contributed by atoms with Crippen molar-refractivity contribution in [3.05, 3.63) is 41.8 Å². The van der Waals surface area contributed by atoms with E-state index < -0.39 is 18.4 Å². The van der Waals surface area contributed by atoms with E-state index in [0.29, 0.717) is 5.69 Å². The predicted octanol–water partition coefficient (Wildman–Crippen LogP) is 3.31. The molecular formula is C21H27F2N7O. The van der Waals surface area contributed by atoms with Crippen molar-refractivity contribution < 1.29 is 13.6 Å². The molecule has 0 unspecified atom stereocenters. The third kappa shape index (κ3) is 5.08. The minimum atomic E-state index is -0.811. The molecule has 2 aromatic heterocycles. The van der Waals surface area contributed by atoms with E-state index in [0.717, 1.165) is 29.8 Å². The van der Waals surface area contributed by atoms with Crippen molar-refractivity contribution in [2.24, 2.45) is 11.5 Å². The molecule has 0 aliphatic carbocycles. The molecule has 0 fully saturated rings. The van der Waals surface area contributed by atoms with Crippen molar-refractivity contribution in [1.29, 1.82) is 0 Å². The number of carbonyl (C=O) groups excluding carboxylic acids is 1. The molecule has 0 aliphatic rings. The number of amides is 1. The zero-order valence-electron chi connectivity index (χ0n) is 17.5. The molecule has 0 spiro atoms. The molecule has 0 aliphatic heterocycles. The number of alkyl halides is 1. The first-order valence-electron chi connectivity index (χ1n) is 10.1. The van der Waals surface area contributed by atoms with Gasteiger partial charge in [-0.15, -0.1) is 0 Å². The van der Waals surface area contributed by atoms with Gasteiger partial charge in [-0.2, -0.15) is 5.10 Å². The fourth-order valence-corrected chi connectivity index (χ4v) is 3.39. The molecule has 1 aromatic carbocycles. The second kappa shape index (κ2) is 9.69. The van der Waals surface area contributed by atoms with Crippen molar-refractivity contribution in [3.8, 4) is 0 Å². The molecule has 0 saturated heterocycles. The lowest BCUT2D eigenvalue weighted by atomic mass is 10.1. The van der Waals surface area contributed by atoms with Crippen molar-refractivity contribution in [2.45, 2.75) is 45.3 Å². The van der Waals surface area contributed by atoms with Crippen molar-refractivity contribution >= 4 is 34.1 Å². The maximum atomic E-state index is 14.6. The zero-order valence-corrected chi connectivity index (χ0v) is 17.5. The van der Waals surface area contributed by atoms with Crippen LogP contribution in [0.3, 0.4) is 0 Å². The highest BCUT2D eigenvalue weighted by Crippen LogP contribution is 2.27. The molecule has 0 radical (unpaired) electrons. The van der Waals surface area contributed by atoms with E-state index in [2.05, 4.69) is 20.7 Å². The number of rotatable bonds is 10. The van der Waals surface area contributed by atoms with Crippen LogP contribution in [-0.4, -0.2) is 39.4 Å². The Kier molecular flexibility index (Phi) is 7.01. The lowest BCUT2D eigenvalue weighted by Crippen LogP contribution is -2.38. The molecular weight excluding hydrogens is 404 g/mol. The Hall–Kier alpha value is -3.27. The molecule has 10 heteroatoms. The Morgan fingerprint density at radius 1 is 1.29 bits per heavy atom. The monoisotopic (exact) mass is 431 g/mol. The Bertz CT molecular complexity index is 1070. The van der Waals surface area contributed by atoms with Crippen LogP contribution in [0, 0.1) is 5.82 Å². The first kappa shape index (κ1) is 22.4. The van der Waals surface area contributed by atoms with Crippen molar-refractivity contribution in [2.75, 3.05) is 17.3 Å². The van der Waals surface area contributed by atoms with E-state index in [1.807, 2.05) is 13.8 Å². The highest BCUT2D eigenvalue weighted by molar-refractivity contribution is 5.99. The van der Waals surface area contributed by atoms with Crippen LogP contribution in [0.1, 0.15) is 37.0 Å². The van der Waals surface area contributed by atoms with E-state index in [4.69, 9.17) is 11.5 Å². The van der Waals surface area contributed by atoms with Gasteiger partial charge >= 0.3 is 0 Å². The van der Waals surface area contributed by atoms with E-state index in [-0.39, 0.29) is 35.8 Å². The number of anilines is 3. The first-order chi connectivity index (χ1) is 14.8. The minimum absolute atomic E-state index is 0.0138. The molecule has 31 heavy (non-hydrogen) atoms. The average molecular weight is 431 g/mol. The van der Waals surface area contributed by atoms with Crippen LogP contribution in [0.15, 0.2) is 30.5 Å². The number of carbonyl (C=O) groups is 1. The summed E-state index contributed by atoms with van der Waals surface area (Å²) >= 11 is 0. The third-order valence-corrected chi connectivity index (χ3v) is 5.00. The lowest BCUT2D eigenvalue weighted by Gasteiger charge is -2.23. The summed E-state index contributed by atoms with van der Waals surface area (Å²) in [6, 6.07) is 5.95. The molecule has 2 heterocycles. The van der Waals surface area contributed by atoms with Crippen LogP contribution < -0.4 is 22.1 Å². The summed E-state index contributed by atoms with van der Waals surface area (Å²) in [6.07, 6.45) is 3.22. The topological polar surface area (TPSA) is 124 Å². The zero-order chi connectivity index (χ0) is 22.5. The number of halogens is 2. The first-order valence-corrected chi connectivity index (χ1v) is 10.1. The van der Waals surface area contributed by atoms with Gasteiger partial charge in [0.15, 0.2) is 11.6 Å². The van der Waals surface area contributed by atoms with E-state index in [1.54, 1.807) is 29.1 Å². The largest absolute Gasteiger partial charge is 0.365 e. The van der Waals surface area contributed by atoms with E-state index in [9.17, 15) is 13.6 Å². The van der Waals surface area contributed by atoms with Crippen LogP contribution >= 0.6 is 0 Å². The third-order valence-electron chi connectivity index (χ3n) is 5.00. The fourth-order valence-electron chi connectivity index (χ4n) is 3.39. The number of nitrogens with zero attached hydrogens (tertiary/aromatic N) is 3. The summed E-state index contributed by atoms with van der Waals surface area (Å²) in [5, 5.41) is 11.0. The Labute approximate surface area is 179 Å². The minimum Gasteiger partial charge on any atom is -0.365 e. The van der Waals surface area contributed by atoms with Gasteiger partial charge < -0.3 is 22.1 Å². The Morgan fingerprint density at radius 3 is 2.71 bits per heavy atom. The number of fused-ring (bicyclic) bond motifs is 1. The number of aryl methyl sites for hydroxylation is 1. The number of pyridine rings is 1. The number of aromatic nitrogens is 3. The molecule has 2 atom stereocenters. The molecule has 166 valence electrons. The van der Waals surface area contributed by atoms with Gasteiger partial charge in [0.2, 0.25) is 0 Å². The second-order valence-corrected chi connectivity index (χ2v) is 7.43. The number of nitrogens with one attached hydrogen (secondary N) is 2. The van der Waals surface area contributed by atoms with E-state index >= 15 is 0 Å². The summed E-state index contributed by atoms with van der Waals surface area (Å²) in [6.45, 7) is 3.49. The highest BCUT2D eigenvalue weighted by Gasteiger charge is 2.20. The Morgan fingerprint density at radius 2 is 2.06 bits per heavy atom. The molecule has 6 N–H and O–H groups in total. The number of hydrogen-bond acceptors (Lipinski definition) is 6. The molecule has 3 rings (SSSR count). The summed E-state index contributed by atoms with van der Waals surface area (Å²) in [4.78, 5) is 16.2. The van der Waals surface area contributed by atoms with Gasteiger partial charge in [-0.05, 0) is 37.6 Å². The average Bonchev–Trinajstić information content (AvgIpc) is 3.12. The van der Waals surface area contributed by atoms with Crippen LogP contribution in [0.4, 0.5) is 26.1 Å². The van der Waals surface area contributed by atoms with Gasteiger partial charge in [0, 0.05) is 23.2 Å². The maximum Gasteiger partial charge on any atom is 0.252 e. The predicted molar refractivity (Wildman–Crippen MR) is 118 cm³/mol. The number of nitrogens with two attached hydrogens (primary N) is 2. The molecule has 0 bridgehead atoms. The smallest absolute Gasteiger partial charge is 0.252 e. The maximum absolute atomic E-state index is 14.6. The van der Waals surface area contributed by atoms with Gasteiger partial charge in [0.1, 0.15) is 12.5 Å². The van der Waals surface area contributed by atoms with Gasteiger partial charge in [-0.25, -0.2) is 13.8 Å². The van der Waals surface area contributed by atoms with Crippen LogP contribution in [0.2, 0.25) is 0 Å². The summed E-state index contributed by atoms with van der Waals surface area (Å²) in [5.41, 5.74) is 12.7. The molecule has 8 nitrogen and oxygen atoms in total. The number of primary amides is 1. The lowest BCUT2D eigenvalue weighted by molar-refractivity contribution is 0.100. The second-order valence-electron chi connectivity index (χ2n) is 7.43. The van der Waals surface area contributed by atoms with Crippen LogP contribution in [0.25, 0.3) is 10.9 Å². The molecule has 0 saturated carbocycles. The summed E-state index contributed by atoms with van der Waals surface area (Å²) in [7, 11) is 0. The molecule has 3 aromatic rings. The van der Waals surface area contributed by atoms with Crippen molar-refractivity contribution in [1.82, 2.24) is 14.8 Å². The van der Waals surface area contributed by atoms with Crippen molar-refractivity contribution in [3.63, 3.8) is 0 Å². The fraction of sp³-hybridized carbons (Fsp3) is 0.381. The number of hydrogen-bond donors (Lipinski definition) is 4. The highest BCUT2D eigenvalue weighted by atomic mass is 19.1. The Balaban J connectivity index is 1.95. The van der Waals surface area contributed by atoms with Gasteiger partial charge in [0.25, 0.3) is 5.91 Å². The summed E-state index contributed by atoms with van der Waals surface area (Å²) < 4.78 is 28.9. The van der Waals surface area contributed by atoms with Crippen LogP contribution in [0.5, 0.6) is 0 Å². The van der Waals surface area contributed by atoms with Gasteiger partial charge in [-0.1, -0.05) is 13.3 Å². The van der Waals surface area contributed by atoms with Crippen LogP contribution in [-0.2, 0) is 6.54 Å². The summed E-state index contributed by atoms with van der Waals surface area (Å²) in [5.74, 6) is -1.40. The number of benzene rings is 1. The van der Waals surface area contributed by atoms with E-state index in [1.165, 1.54) is 0 Å².